The third-order valence-electron chi connectivity index (χ3n) is 3.94. The van der Waals surface area contributed by atoms with Crippen LogP contribution < -0.4 is 5.32 Å². The van der Waals surface area contributed by atoms with Crippen molar-refractivity contribution in [1.29, 1.82) is 0 Å². The predicted octanol–water partition coefficient (Wildman–Crippen LogP) is 2.89. The molecule has 0 bridgehead atoms. The van der Waals surface area contributed by atoms with Crippen LogP contribution in [0.15, 0.2) is 18.2 Å². The predicted molar refractivity (Wildman–Crippen MR) is 77.8 cm³/mol. The molecular weight excluding hydrogens is 280 g/mol. The van der Waals surface area contributed by atoms with Crippen LogP contribution in [-0.4, -0.2) is 22.7 Å². The molecule has 1 aromatic rings. The van der Waals surface area contributed by atoms with E-state index in [0.717, 1.165) is 25.7 Å². The minimum atomic E-state index is -0.391. The van der Waals surface area contributed by atoms with Crippen molar-refractivity contribution in [2.45, 2.75) is 38.3 Å². The number of aliphatic hydroxyl groups excluding tert-OH is 1. The van der Waals surface area contributed by atoms with Crippen LogP contribution in [0.2, 0.25) is 5.02 Å². The molecule has 6 heteroatoms. The van der Waals surface area contributed by atoms with Crippen molar-refractivity contribution in [1.82, 2.24) is 5.32 Å². The van der Waals surface area contributed by atoms with Crippen molar-refractivity contribution in [2.75, 3.05) is 6.61 Å². The van der Waals surface area contributed by atoms with Crippen molar-refractivity contribution < 1.29 is 10.0 Å². The fourth-order valence-electron chi connectivity index (χ4n) is 2.81. The summed E-state index contributed by atoms with van der Waals surface area (Å²) in [5, 5.41) is 24.2. The topological polar surface area (TPSA) is 75.4 Å². The Morgan fingerprint density at radius 3 is 2.85 bits per heavy atom. The van der Waals surface area contributed by atoms with E-state index in [1.165, 1.54) is 12.1 Å². The molecule has 1 aliphatic carbocycles. The third kappa shape index (κ3) is 3.69. The van der Waals surface area contributed by atoms with Gasteiger partial charge in [-0.3, -0.25) is 10.1 Å². The van der Waals surface area contributed by atoms with Gasteiger partial charge < -0.3 is 10.4 Å². The van der Waals surface area contributed by atoms with Crippen molar-refractivity contribution in [2.24, 2.45) is 5.92 Å². The molecule has 5 nitrogen and oxygen atoms in total. The summed E-state index contributed by atoms with van der Waals surface area (Å²) in [6.45, 7) is 0.563. The Balaban J connectivity index is 2.06. The molecule has 0 aliphatic heterocycles. The number of halogens is 1. The second-order valence-corrected chi connectivity index (χ2v) is 5.68. The summed E-state index contributed by atoms with van der Waals surface area (Å²) in [6, 6.07) is 4.81. The molecule has 1 aromatic carbocycles. The summed E-state index contributed by atoms with van der Waals surface area (Å²) in [5.74, 6) is 0.238. The quantitative estimate of drug-likeness (QED) is 0.647. The molecule has 0 aromatic heterocycles. The lowest BCUT2D eigenvalue weighted by Crippen LogP contribution is -2.39. The highest BCUT2D eigenvalue weighted by Crippen LogP contribution is 2.26. The van der Waals surface area contributed by atoms with Crippen LogP contribution in [0.25, 0.3) is 0 Å². The van der Waals surface area contributed by atoms with E-state index >= 15 is 0 Å². The molecule has 2 atom stereocenters. The van der Waals surface area contributed by atoms with E-state index in [0.29, 0.717) is 17.1 Å². The normalized spacial score (nSPS) is 22.7. The van der Waals surface area contributed by atoms with Gasteiger partial charge in [0.1, 0.15) is 0 Å². The maximum atomic E-state index is 11.0. The number of hydrogen-bond acceptors (Lipinski definition) is 4. The van der Waals surface area contributed by atoms with Gasteiger partial charge in [-0.25, -0.2) is 0 Å². The number of aliphatic hydroxyl groups is 1. The number of nitrogens with zero attached hydrogens (tertiary/aromatic N) is 1. The lowest BCUT2D eigenvalue weighted by molar-refractivity contribution is -0.385. The highest BCUT2D eigenvalue weighted by Gasteiger charge is 2.24. The van der Waals surface area contributed by atoms with Crippen LogP contribution in [0.5, 0.6) is 0 Å². The van der Waals surface area contributed by atoms with Crippen LogP contribution in [0.4, 0.5) is 5.69 Å². The van der Waals surface area contributed by atoms with Gasteiger partial charge in [-0.1, -0.05) is 24.4 Å². The number of nitro benzene ring substituents is 1. The van der Waals surface area contributed by atoms with Crippen LogP contribution in [0.3, 0.4) is 0 Å². The van der Waals surface area contributed by atoms with Crippen molar-refractivity contribution in [3.05, 3.63) is 38.9 Å². The Labute approximate surface area is 123 Å². The lowest BCUT2D eigenvalue weighted by Gasteiger charge is -2.31. The Hall–Kier alpha value is -1.17. The van der Waals surface area contributed by atoms with Crippen molar-refractivity contribution in [3.8, 4) is 0 Å². The standard InChI is InChI=1S/C14H19ClN2O3/c15-12-5-6-14(17(19)20)11(7-12)8-16-13-4-2-1-3-10(13)9-18/h5-7,10,13,16,18H,1-4,8-9H2. The fourth-order valence-corrected chi connectivity index (χ4v) is 3.00. The molecule has 110 valence electrons. The number of rotatable bonds is 5. The maximum absolute atomic E-state index is 11.0. The Kier molecular flexibility index (Phi) is 5.34. The van der Waals surface area contributed by atoms with E-state index in [2.05, 4.69) is 5.32 Å². The maximum Gasteiger partial charge on any atom is 0.273 e. The SMILES string of the molecule is O=[N+]([O-])c1ccc(Cl)cc1CNC1CCCCC1CO. The summed E-state index contributed by atoms with van der Waals surface area (Å²) in [7, 11) is 0. The van der Waals surface area contributed by atoms with E-state index in [1.54, 1.807) is 6.07 Å². The second-order valence-electron chi connectivity index (χ2n) is 5.24. The zero-order valence-corrected chi connectivity index (χ0v) is 12.0. The van der Waals surface area contributed by atoms with Crippen molar-refractivity contribution in [3.63, 3.8) is 0 Å². The van der Waals surface area contributed by atoms with Gasteiger partial charge in [0.05, 0.1) is 4.92 Å². The van der Waals surface area contributed by atoms with Gasteiger partial charge in [0.2, 0.25) is 0 Å². The van der Waals surface area contributed by atoms with Gasteiger partial charge in [0, 0.05) is 35.8 Å². The minimum absolute atomic E-state index is 0.0817. The largest absolute Gasteiger partial charge is 0.396 e. The summed E-state index contributed by atoms with van der Waals surface area (Å²) in [4.78, 5) is 10.6. The number of hydrogen-bond donors (Lipinski definition) is 2. The van der Waals surface area contributed by atoms with E-state index in [-0.39, 0.29) is 24.3 Å². The van der Waals surface area contributed by atoms with Gasteiger partial charge in [-0.15, -0.1) is 0 Å². The number of nitro groups is 1. The van der Waals surface area contributed by atoms with E-state index in [4.69, 9.17) is 11.6 Å². The monoisotopic (exact) mass is 298 g/mol. The first kappa shape index (κ1) is 15.2. The van der Waals surface area contributed by atoms with E-state index in [9.17, 15) is 15.2 Å². The molecule has 2 N–H and O–H groups in total. The van der Waals surface area contributed by atoms with Gasteiger partial charge >= 0.3 is 0 Å². The molecule has 0 saturated heterocycles. The molecule has 1 saturated carbocycles. The summed E-state index contributed by atoms with van der Waals surface area (Å²) in [6.07, 6.45) is 4.28. The summed E-state index contributed by atoms with van der Waals surface area (Å²) in [5.41, 5.74) is 0.669. The van der Waals surface area contributed by atoms with Crippen LogP contribution >= 0.6 is 11.6 Å². The molecule has 2 unspecified atom stereocenters. The fraction of sp³-hybridized carbons (Fsp3) is 0.571. The smallest absolute Gasteiger partial charge is 0.273 e. The molecule has 1 aliphatic rings. The number of benzene rings is 1. The Bertz CT molecular complexity index is 481. The number of nitrogens with one attached hydrogen (secondary N) is 1. The van der Waals surface area contributed by atoms with Gasteiger partial charge in [-0.05, 0) is 30.9 Å². The average Bonchev–Trinajstić information content (AvgIpc) is 2.45. The molecule has 0 spiro atoms. The minimum Gasteiger partial charge on any atom is -0.396 e. The molecule has 0 radical (unpaired) electrons. The molecule has 2 rings (SSSR count). The first-order valence-corrected chi connectivity index (χ1v) is 7.26. The molecular formula is C14H19ClN2O3. The Morgan fingerprint density at radius 2 is 2.15 bits per heavy atom. The lowest BCUT2D eigenvalue weighted by atomic mass is 9.85. The van der Waals surface area contributed by atoms with Crippen LogP contribution in [0.1, 0.15) is 31.2 Å². The van der Waals surface area contributed by atoms with Crippen LogP contribution in [0, 0.1) is 16.0 Å². The van der Waals surface area contributed by atoms with Crippen LogP contribution in [-0.2, 0) is 6.54 Å². The van der Waals surface area contributed by atoms with Gasteiger partial charge in [0.25, 0.3) is 5.69 Å². The molecule has 1 fully saturated rings. The summed E-state index contributed by atoms with van der Waals surface area (Å²) < 4.78 is 0. The molecule has 20 heavy (non-hydrogen) atoms. The van der Waals surface area contributed by atoms with Gasteiger partial charge in [0.15, 0.2) is 0 Å². The van der Waals surface area contributed by atoms with Gasteiger partial charge in [-0.2, -0.15) is 0 Å². The first-order chi connectivity index (χ1) is 9.61. The Morgan fingerprint density at radius 1 is 1.40 bits per heavy atom. The highest BCUT2D eigenvalue weighted by molar-refractivity contribution is 6.30. The summed E-state index contributed by atoms with van der Waals surface area (Å²) >= 11 is 5.91. The molecule has 0 amide bonds. The second kappa shape index (κ2) is 7.02. The first-order valence-electron chi connectivity index (χ1n) is 6.89. The van der Waals surface area contributed by atoms with E-state index in [1.807, 2.05) is 0 Å². The zero-order valence-electron chi connectivity index (χ0n) is 11.2. The molecule has 0 heterocycles. The third-order valence-corrected chi connectivity index (χ3v) is 4.17. The highest BCUT2D eigenvalue weighted by atomic mass is 35.5. The average molecular weight is 299 g/mol. The zero-order chi connectivity index (χ0) is 14.5. The van der Waals surface area contributed by atoms with Crippen molar-refractivity contribution >= 4 is 17.3 Å². The van der Waals surface area contributed by atoms with E-state index < -0.39 is 4.92 Å².